The first-order chi connectivity index (χ1) is 13.0. The van der Waals surface area contributed by atoms with Crippen molar-refractivity contribution in [3.05, 3.63) is 59.4 Å². The van der Waals surface area contributed by atoms with E-state index in [1.165, 1.54) is 0 Å². The maximum absolute atomic E-state index is 12.1. The molecule has 2 aromatic carbocycles. The van der Waals surface area contributed by atoms with Crippen LogP contribution in [-0.2, 0) is 11.3 Å². The van der Waals surface area contributed by atoms with Crippen LogP contribution in [-0.4, -0.2) is 27.7 Å². The molecule has 0 saturated carbocycles. The molecule has 0 saturated heterocycles. The number of anilines is 1. The summed E-state index contributed by atoms with van der Waals surface area (Å²) < 4.78 is 5.72. The lowest BCUT2D eigenvalue weighted by Gasteiger charge is -2.10. The van der Waals surface area contributed by atoms with E-state index in [1.807, 2.05) is 56.3 Å². The van der Waals surface area contributed by atoms with E-state index in [9.17, 15) is 4.79 Å². The van der Waals surface area contributed by atoms with Gasteiger partial charge in [0.2, 0.25) is 5.91 Å². The molecule has 0 fully saturated rings. The molecule has 4 N–H and O–H groups in total. The summed E-state index contributed by atoms with van der Waals surface area (Å²) in [5.74, 6) is 1.92. The van der Waals surface area contributed by atoms with Gasteiger partial charge >= 0.3 is 0 Å². The highest BCUT2D eigenvalue weighted by molar-refractivity contribution is 5.91. The molecule has 0 unspecified atom stereocenters. The number of aromatic nitrogens is 3. The van der Waals surface area contributed by atoms with Gasteiger partial charge in [0, 0.05) is 11.3 Å². The molecule has 0 aliphatic heterocycles. The average Bonchev–Trinajstić information content (AvgIpc) is 3.14. The topological polar surface area (TPSA) is 106 Å². The zero-order chi connectivity index (χ0) is 19.2. The molecule has 0 radical (unpaired) electrons. The number of carbonyl (C=O) groups is 1. The van der Waals surface area contributed by atoms with Crippen LogP contribution in [0.1, 0.15) is 23.4 Å². The molecule has 8 heteroatoms. The van der Waals surface area contributed by atoms with E-state index >= 15 is 0 Å². The number of nitrogens with zero attached hydrogens (tertiary/aromatic N) is 2. The van der Waals surface area contributed by atoms with Crippen LogP contribution in [0.4, 0.5) is 5.69 Å². The zero-order valence-corrected chi connectivity index (χ0v) is 16.7. The summed E-state index contributed by atoms with van der Waals surface area (Å²) in [5.41, 5.74) is 9.27. The van der Waals surface area contributed by atoms with Crippen molar-refractivity contribution in [1.82, 2.24) is 15.2 Å². The molecule has 0 atom stereocenters. The van der Waals surface area contributed by atoms with Crippen LogP contribution in [0, 0.1) is 13.8 Å². The normalized spacial score (nSPS) is 10.2. The maximum atomic E-state index is 12.1. The van der Waals surface area contributed by atoms with Gasteiger partial charge in [0.05, 0.1) is 19.6 Å². The lowest BCUT2D eigenvalue weighted by molar-refractivity contribution is -0.116. The van der Waals surface area contributed by atoms with Crippen LogP contribution in [0.25, 0.3) is 11.4 Å². The van der Waals surface area contributed by atoms with Crippen LogP contribution in [0.3, 0.4) is 0 Å². The summed E-state index contributed by atoms with van der Waals surface area (Å²) in [6.07, 6.45) is 0.274. The fraction of sp³-hybridized carbons (Fsp3) is 0.250. The number of ether oxygens (including phenoxy) is 1. The third kappa shape index (κ3) is 5.55. The fourth-order valence-electron chi connectivity index (χ4n) is 2.56. The van der Waals surface area contributed by atoms with Crippen molar-refractivity contribution >= 4 is 24.0 Å². The third-order valence-corrected chi connectivity index (χ3v) is 4.08. The van der Waals surface area contributed by atoms with Crippen LogP contribution < -0.4 is 15.8 Å². The first kappa shape index (κ1) is 21.4. The van der Waals surface area contributed by atoms with E-state index in [1.54, 1.807) is 0 Å². The van der Waals surface area contributed by atoms with Gasteiger partial charge in [0.1, 0.15) is 11.6 Å². The number of aryl methyl sites for hydroxylation is 2. The standard InChI is InChI=1S/C20H23N5O2.ClH/c1-13-3-4-14(2)17(11-13)27-10-9-19(26)22-16-7-5-15(6-8-16)20-23-18(12-21)24-25-20;/h3-8,11H,9-10,12,21H2,1-2H3,(H,22,26)(H,23,24,25);1H. The van der Waals surface area contributed by atoms with Gasteiger partial charge in [-0.3, -0.25) is 9.89 Å². The minimum absolute atomic E-state index is 0. The molecule has 1 aromatic heterocycles. The Morgan fingerprint density at radius 3 is 2.61 bits per heavy atom. The lowest BCUT2D eigenvalue weighted by atomic mass is 10.1. The number of nitrogens with two attached hydrogens (primary N) is 1. The van der Waals surface area contributed by atoms with Crippen LogP contribution in [0.5, 0.6) is 5.75 Å². The van der Waals surface area contributed by atoms with Crippen molar-refractivity contribution in [1.29, 1.82) is 0 Å². The molecule has 3 aromatic rings. The Labute approximate surface area is 170 Å². The van der Waals surface area contributed by atoms with Crippen molar-refractivity contribution in [2.24, 2.45) is 5.73 Å². The van der Waals surface area contributed by atoms with Gasteiger partial charge < -0.3 is 15.8 Å². The van der Waals surface area contributed by atoms with E-state index in [0.717, 1.165) is 22.4 Å². The first-order valence-electron chi connectivity index (χ1n) is 8.77. The Bertz CT molecular complexity index is 925. The highest BCUT2D eigenvalue weighted by Crippen LogP contribution is 2.20. The molecule has 7 nitrogen and oxygen atoms in total. The number of halogens is 1. The van der Waals surface area contributed by atoms with E-state index in [-0.39, 0.29) is 24.7 Å². The number of aromatic amines is 1. The van der Waals surface area contributed by atoms with Gasteiger partial charge in [-0.05, 0) is 55.3 Å². The van der Waals surface area contributed by atoms with Gasteiger partial charge in [-0.1, -0.05) is 12.1 Å². The van der Waals surface area contributed by atoms with Crippen molar-refractivity contribution in [2.75, 3.05) is 11.9 Å². The van der Waals surface area contributed by atoms with Gasteiger partial charge in [-0.2, -0.15) is 5.10 Å². The predicted octanol–water partition coefficient (Wildman–Crippen LogP) is 3.38. The van der Waals surface area contributed by atoms with Crippen LogP contribution >= 0.6 is 12.4 Å². The van der Waals surface area contributed by atoms with Crippen LogP contribution in [0.15, 0.2) is 42.5 Å². The Morgan fingerprint density at radius 2 is 1.93 bits per heavy atom. The maximum Gasteiger partial charge on any atom is 0.227 e. The van der Waals surface area contributed by atoms with Crippen LogP contribution in [0.2, 0.25) is 0 Å². The lowest BCUT2D eigenvalue weighted by Crippen LogP contribution is -2.15. The molecular weight excluding hydrogens is 378 g/mol. The molecule has 28 heavy (non-hydrogen) atoms. The summed E-state index contributed by atoms with van der Waals surface area (Å²) in [7, 11) is 0. The molecule has 0 aliphatic rings. The summed E-state index contributed by atoms with van der Waals surface area (Å²) in [6, 6.07) is 13.4. The smallest absolute Gasteiger partial charge is 0.227 e. The largest absolute Gasteiger partial charge is 0.493 e. The van der Waals surface area contributed by atoms with Gasteiger partial charge in [0.25, 0.3) is 0 Å². The van der Waals surface area contributed by atoms with E-state index in [2.05, 4.69) is 20.5 Å². The molecule has 0 aliphatic carbocycles. The van der Waals surface area contributed by atoms with Gasteiger partial charge in [-0.15, -0.1) is 12.4 Å². The number of nitrogens with one attached hydrogen (secondary N) is 2. The van der Waals surface area contributed by atoms with Crippen molar-refractivity contribution < 1.29 is 9.53 Å². The monoisotopic (exact) mass is 401 g/mol. The number of carbonyl (C=O) groups excluding carboxylic acids is 1. The Kier molecular flexibility index (Phi) is 7.54. The number of benzene rings is 2. The summed E-state index contributed by atoms with van der Waals surface area (Å²) in [4.78, 5) is 16.4. The Morgan fingerprint density at radius 1 is 1.18 bits per heavy atom. The molecule has 0 bridgehead atoms. The number of rotatable bonds is 7. The van der Waals surface area contributed by atoms with E-state index in [0.29, 0.717) is 30.5 Å². The molecule has 148 valence electrons. The highest BCUT2D eigenvalue weighted by atomic mass is 35.5. The predicted molar refractivity (Wildman–Crippen MR) is 112 cm³/mol. The second-order valence-corrected chi connectivity index (χ2v) is 6.30. The molecule has 1 heterocycles. The molecule has 1 amide bonds. The summed E-state index contributed by atoms with van der Waals surface area (Å²) in [6.45, 7) is 4.64. The summed E-state index contributed by atoms with van der Waals surface area (Å²) in [5, 5.41) is 9.75. The summed E-state index contributed by atoms with van der Waals surface area (Å²) >= 11 is 0. The van der Waals surface area contributed by atoms with Crippen molar-refractivity contribution in [3.63, 3.8) is 0 Å². The number of hydrogen-bond donors (Lipinski definition) is 3. The van der Waals surface area contributed by atoms with E-state index in [4.69, 9.17) is 10.5 Å². The average molecular weight is 402 g/mol. The SMILES string of the molecule is Cc1ccc(C)c(OCCC(=O)Nc2ccc(-c3n[nH]c(CN)n3)cc2)c1.Cl. The quantitative estimate of drug-likeness (QED) is 0.562. The number of H-pyrrole nitrogens is 1. The van der Waals surface area contributed by atoms with Crippen molar-refractivity contribution in [2.45, 2.75) is 26.8 Å². The third-order valence-electron chi connectivity index (χ3n) is 4.08. The minimum Gasteiger partial charge on any atom is -0.493 e. The van der Waals surface area contributed by atoms with Crippen molar-refractivity contribution in [3.8, 4) is 17.1 Å². The van der Waals surface area contributed by atoms with Gasteiger partial charge in [0.15, 0.2) is 5.82 Å². The Hall–Kier alpha value is -2.90. The van der Waals surface area contributed by atoms with Gasteiger partial charge in [-0.25, -0.2) is 4.98 Å². The Balaban J connectivity index is 0.00000280. The highest BCUT2D eigenvalue weighted by Gasteiger charge is 2.07. The zero-order valence-electron chi connectivity index (χ0n) is 15.9. The molecular formula is C20H24ClN5O2. The van der Waals surface area contributed by atoms with E-state index < -0.39 is 0 Å². The minimum atomic E-state index is -0.101. The first-order valence-corrected chi connectivity index (χ1v) is 8.77. The number of amides is 1. The number of hydrogen-bond acceptors (Lipinski definition) is 5. The molecule has 0 spiro atoms. The second kappa shape index (κ2) is 9.87. The molecule has 3 rings (SSSR count). The fourth-order valence-corrected chi connectivity index (χ4v) is 2.56. The second-order valence-electron chi connectivity index (χ2n) is 6.30.